The van der Waals surface area contributed by atoms with Crippen LogP contribution in [0.2, 0.25) is 6.32 Å². The molecule has 0 saturated heterocycles. The fraction of sp³-hybridized carbons (Fsp3) is 0.429. The zero-order valence-corrected chi connectivity index (χ0v) is 10.9. The predicted octanol–water partition coefficient (Wildman–Crippen LogP) is 2.46. The van der Waals surface area contributed by atoms with E-state index in [4.69, 9.17) is 0 Å². The number of aliphatic imine (C=N–C) groups is 1. The van der Waals surface area contributed by atoms with Crippen LogP contribution in [0, 0.1) is 0 Å². The third kappa shape index (κ3) is 3.22. The molecule has 1 aromatic carbocycles. The number of fused-ring (bicyclic) bond motifs is 1. The van der Waals surface area contributed by atoms with Crippen molar-refractivity contribution in [1.82, 2.24) is 4.90 Å². The number of carbonyl (C=O) groups is 1. The van der Waals surface area contributed by atoms with Gasteiger partial charge in [0.2, 0.25) is 0 Å². The molecule has 2 rings (SSSR count). The van der Waals surface area contributed by atoms with E-state index in [0.29, 0.717) is 5.56 Å². The minimum atomic E-state index is 0.0725. The first-order chi connectivity index (χ1) is 8.79. The van der Waals surface area contributed by atoms with Crippen LogP contribution in [0.5, 0.6) is 0 Å². The van der Waals surface area contributed by atoms with Crippen molar-refractivity contribution in [2.24, 2.45) is 4.99 Å². The molecule has 1 heterocycles. The topological polar surface area (TPSA) is 32.7 Å². The molecule has 1 aliphatic heterocycles. The number of benzene rings is 1. The van der Waals surface area contributed by atoms with Crippen molar-refractivity contribution in [1.29, 1.82) is 0 Å². The third-order valence-electron chi connectivity index (χ3n) is 3.29. The van der Waals surface area contributed by atoms with E-state index in [9.17, 15) is 4.79 Å². The predicted molar refractivity (Wildman–Crippen MR) is 77.4 cm³/mol. The zero-order chi connectivity index (χ0) is 12.8. The van der Waals surface area contributed by atoms with E-state index < -0.39 is 0 Å². The van der Waals surface area contributed by atoms with Crippen molar-refractivity contribution in [2.75, 3.05) is 13.6 Å². The number of hydrogen-bond acceptors (Lipinski definition) is 2. The Balaban J connectivity index is 2.28. The number of nitrogens with zero attached hydrogens (tertiary/aromatic N) is 2. The van der Waals surface area contributed by atoms with Crippen LogP contribution >= 0.6 is 0 Å². The average Bonchev–Trinajstić information content (AvgIpc) is 2.40. The summed E-state index contributed by atoms with van der Waals surface area (Å²) in [7, 11) is 2.87. The summed E-state index contributed by atoms with van der Waals surface area (Å²) in [5.74, 6) is 0.0725. The Morgan fingerprint density at radius 2 is 2.06 bits per heavy atom. The molecular weight excluding hydrogens is 223 g/mol. The van der Waals surface area contributed by atoms with Crippen LogP contribution in [-0.2, 0) is 0 Å². The lowest BCUT2D eigenvalue weighted by atomic mass is 9.74. The molecule has 0 N–H and O–H groups in total. The summed E-state index contributed by atoms with van der Waals surface area (Å²) in [5, 5.41) is 0. The summed E-state index contributed by atoms with van der Waals surface area (Å²) < 4.78 is 0. The Labute approximate surface area is 109 Å². The number of rotatable bonds is 0. The quantitative estimate of drug-likeness (QED) is 0.643. The molecule has 0 fully saturated rings. The molecule has 0 bridgehead atoms. The Kier molecular flexibility index (Phi) is 4.56. The van der Waals surface area contributed by atoms with Crippen molar-refractivity contribution >= 4 is 25.0 Å². The van der Waals surface area contributed by atoms with Crippen molar-refractivity contribution < 1.29 is 4.79 Å². The first-order valence-corrected chi connectivity index (χ1v) is 6.66. The molecule has 1 amide bonds. The van der Waals surface area contributed by atoms with E-state index in [1.165, 1.54) is 19.2 Å². The molecule has 94 valence electrons. The number of carbonyl (C=O) groups excluding carboxylic acids is 1. The second-order valence-corrected chi connectivity index (χ2v) is 4.76. The minimum Gasteiger partial charge on any atom is -0.342 e. The van der Waals surface area contributed by atoms with Gasteiger partial charge in [0.1, 0.15) is 0 Å². The molecule has 0 unspecified atom stereocenters. The van der Waals surface area contributed by atoms with Crippen molar-refractivity contribution in [3.63, 3.8) is 0 Å². The number of para-hydroxylation sites is 1. The Morgan fingerprint density at radius 1 is 1.22 bits per heavy atom. The molecule has 0 radical (unpaired) electrons. The van der Waals surface area contributed by atoms with Gasteiger partial charge in [0.25, 0.3) is 5.91 Å². The van der Waals surface area contributed by atoms with E-state index in [2.05, 4.69) is 4.99 Å². The van der Waals surface area contributed by atoms with E-state index in [0.717, 1.165) is 25.9 Å². The van der Waals surface area contributed by atoms with E-state index in [1.807, 2.05) is 37.4 Å². The highest BCUT2D eigenvalue weighted by Crippen LogP contribution is 2.20. The Bertz CT molecular complexity index is 445. The van der Waals surface area contributed by atoms with Crippen LogP contribution in [0.25, 0.3) is 0 Å². The second kappa shape index (κ2) is 6.38. The highest BCUT2D eigenvalue weighted by atomic mass is 16.2. The standard InChI is InChI=1S/C14H19BN2O/c1-17-10-6-2-5-9-15-11-16-13-8-4-3-7-12(13)14(17)18/h3-4,7-8,11,15H,2,5-6,9-10H2,1H3/b16-11-. The molecule has 0 saturated carbocycles. The normalized spacial score (nSPS) is 19.2. The van der Waals surface area contributed by atoms with E-state index in [-0.39, 0.29) is 5.91 Å². The van der Waals surface area contributed by atoms with Crippen LogP contribution in [0.3, 0.4) is 0 Å². The van der Waals surface area contributed by atoms with Gasteiger partial charge in [-0.1, -0.05) is 31.3 Å². The summed E-state index contributed by atoms with van der Waals surface area (Å²) in [4.78, 5) is 18.5. The lowest BCUT2D eigenvalue weighted by molar-refractivity contribution is 0.0793. The average molecular weight is 242 g/mol. The van der Waals surface area contributed by atoms with Crippen LogP contribution in [0.15, 0.2) is 29.3 Å². The highest BCUT2D eigenvalue weighted by Gasteiger charge is 2.14. The van der Waals surface area contributed by atoms with Gasteiger partial charge in [-0.05, 0) is 24.7 Å². The molecule has 4 heteroatoms. The summed E-state index contributed by atoms with van der Waals surface area (Å²) in [6, 6.07) is 7.59. The van der Waals surface area contributed by atoms with Gasteiger partial charge < -0.3 is 4.90 Å². The van der Waals surface area contributed by atoms with Gasteiger partial charge >= 0.3 is 0 Å². The van der Waals surface area contributed by atoms with Gasteiger partial charge in [0.05, 0.1) is 11.3 Å². The van der Waals surface area contributed by atoms with Gasteiger partial charge in [-0.3, -0.25) is 9.79 Å². The van der Waals surface area contributed by atoms with Crippen LogP contribution in [-0.4, -0.2) is 37.8 Å². The fourth-order valence-corrected chi connectivity index (χ4v) is 2.18. The van der Waals surface area contributed by atoms with Crippen LogP contribution in [0.4, 0.5) is 5.69 Å². The number of hydrogen-bond donors (Lipinski definition) is 0. The maximum Gasteiger partial charge on any atom is 0.255 e. The first-order valence-electron chi connectivity index (χ1n) is 6.66. The SMILES string of the molecule is CN1CCCCCB/C=N\c2ccccc2C1=O. The molecule has 18 heavy (non-hydrogen) atoms. The van der Waals surface area contributed by atoms with Gasteiger partial charge in [-0.25, -0.2) is 0 Å². The fourth-order valence-electron chi connectivity index (χ4n) is 2.18. The molecule has 0 spiro atoms. The summed E-state index contributed by atoms with van der Waals surface area (Å²) in [6.07, 6.45) is 6.61. The summed E-state index contributed by atoms with van der Waals surface area (Å²) in [6.45, 7) is 0.830. The minimum absolute atomic E-state index is 0.0725. The van der Waals surface area contributed by atoms with Crippen LogP contribution < -0.4 is 0 Å². The highest BCUT2D eigenvalue weighted by molar-refractivity contribution is 6.68. The first kappa shape index (κ1) is 12.9. The molecule has 1 aliphatic rings. The maximum atomic E-state index is 12.3. The molecule has 1 aromatic rings. The largest absolute Gasteiger partial charge is 0.342 e. The molecule has 0 aromatic heterocycles. The molecule has 0 aliphatic carbocycles. The van der Waals surface area contributed by atoms with Gasteiger partial charge in [-0.2, -0.15) is 0 Å². The third-order valence-corrected chi connectivity index (χ3v) is 3.29. The zero-order valence-electron chi connectivity index (χ0n) is 10.9. The Hall–Kier alpha value is -1.58. The van der Waals surface area contributed by atoms with E-state index >= 15 is 0 Å². The second-order valence-electron chi connectivity index (χ2n) is 4.76. The lowest BCUT2D eigenvalue weighted by Crippen LogP contribution is -2.27. The molecular formula is C14H19BN2O. The maximum absolute atomic E-state index is 12.3. The Morgan fingerprint density at radius 3 is 2.94 bits per heavy atom. The molecule has 3 nitrogen and oxygen atoms in total. The van der Waals surface area contributed by atoms with E-state index in [1.54, 1.807) is 4.90 Å². The van der Waals surface area contributed by atoms with Crippen LogP contribution in [0.1, 0.15) is 29.6 Å². The number of amides is 1. The van der Waals surface area contributed by atoms with Crippen molar-refractivity contribution in [3.8, 4) is 0 Å². The summed E-state index contributed by atoms with van der Waals surface area (Å²) >= 11 is 0. The van der Waals surface area contributed by atoms with Crippen molar-refractivity contribution in [3.05, 3.63) is 29.8 Å². The van der Waals surface area contributed by atoms with Gasteiger partial charge in [-0.15, -0.1) is 0 Å². The monoisotopic (exact) mass is 242 g/mol. The van der Waals surface area contributed by atoms with Gasteiger partial charge in [0.15, 0.2) is 7.28 Å². The summed E-state index contributed by atoms with van der Waals surface area (Å²) in [5.41, 5.74) is 1.49. The lowest BCUT2D eigenvalue weighted by Gasteiger charge is -2.18. The molecule has 0 atom stereocenters. The van der Waals surface area contributed by atoms with Crippen molar-refractivity contribution in [2.45, 2.75) is 25.6 Å². The van der Waals surface area contributed by atoms with Gasteiger partial charge in [0, 0.05) is 13.6 Å². The smallest absolute Gasteiger partial charge is 0.255 e.